The molecule has 38 heavy (non-hydrogen) atoms. The normalized spacial score (nSPS) is 10.6. The van der Waals surface area contributed by atoms with Crippen molar-refractivity contribution >= 4 is 57.3 Å². The highest BCUT2D eigenvalue weighted by Crippen LogP contribution is 2.38. The van der Waals surface area contributed by atoms with E-state index in [-0.39, 0.29) is 11.5 Å². The van der Waals surface area contributed by atoms with E-state index in [4.69, 9.17) is 11.6 Å². The quantitative estimate of drug-likeness (QED) is 0.174. The number of benzene rings is 3. The fourth-order valence-electron chi connectivity index (χ4n) is 3.59. The van der Waals surface area contributed by atoms with Gasteiger partial charge in [-0.2, -0.15) is 0 Å². The van der Waals surface area contributed by atoms with Gasteiger partial charge < -0.3 is 15.7 Å². The van der Waals surface area contributed by atoms with Gasteiger partial charge in [-0.1, -0.05) is 83.6 Å². The zero-order valence-electron chi connectivity index (χ0n) is 19.6. The summed E-state index contributed by atoms with van der Waals surface area (Å²) in [7, 11) is 0. The third-order valence-electron chi connectivity index (χ3n) is 5.34. The third kappa shape index (κ3) is 5.61. The molecule has 0 aliphatic carbocycles. The van der Waals surface area contributed by atoms with Crippen LogP contribution in [-0.4, -0.2) is 32.3 Å². The summed E-state index contributed by atoms with van der Waals surface area (Å²) in [6, 6.07) is 26.4. The van der Waals surface area contributed by atoms with Gasteiger partial charge in [-0.25, -0.2) is 14.6 Å². The van der Waals surface area contributed by atoms with Crippen molar-refractivity contribution in [3.05, 3.63) is 102 Å². The Labute approximate surface area is 226 Å². The predicted molar refractivity (Wildman–Crippen MR) is 149 cm³/mol. The minimum atomic E-state index is -1.17. The number of amides is 2. The molecule has 0 saturated carbocycles. The van der Waals surface area contributed by atoms with Gasteiger partial charge in [0.25, 0.3) is 0 Å². The number of anilines is 4. The number of hydrogen-bond acceptors (Lipinski definition) is 7. The molecule has 0 fully saturated rings. The van der Waals surface area contributed by atoms with Gasteiger partial charge in [0.1, 0.15) is 0 Å². The van der Waals surface area contributed by atoms with Crippen molar-refractivity contribution in [3.8, 4) is 21.7 Å². The fourth-order valence-corrected chi connectivity index (χ4v) is 4.89. The molecular weight excluding hydrogens is 524 g/mol. The Hall–Kier alpha value is -4.80. The number of aromatic carboxylic acids is 1. The first-order valence-corrected chi connectivity index (χ1v) is 12.5. The van der Waals surface area contributed by atoms with E-state index in [0.29, 0.717) is 37.7 Å². The summed E-state index contributed by atoms with van der Waals surface area (Å²) in [5.74, 6) is -0.891. The van der Waals surface area contributed by atoms with Crippen molar-refractivity contribution in [1.29, 1.82) is 0 Å². The molecule has 0 aliphatic rings. The van der Waals surface area contributed by atoms with Crippen molar-refractivity contribution in [2.45, 2.75) is 0 Å². The van der Waals surface area contributed by atoms with Gasteiger partial charge in [0.2, 0.25) is 0 Å². The summed E-state index contributed by atoms with van der Waals surface area (Å²) >= 11 is 7.44. The van der Waals surface area contributed by atoms with E-state index in [1.54, 1.807) is 60.7 Å². The van der Waals surface area contributed by atoms with Gasteiger partial charge in [0.15, 0.2) is 16.6 Å². The first kappa shape index (κ1) is 24.9. The molecule has 5 aromatic rings. The molecule has 188 valence electrons. The SMILES string of the molecule is O=C(Nc1ccc(-c2ccccc2)nn1)Nc1ccccc1Nc1nc(C(=O)O)c(-c2ccccc2Cl)s1. The van der Waals surface area contributed by atoms with Gasteiger partial charge in [0, 0.05) is 16.1 Å². The zero-order valence-corrected chi connectivity index (χ0v) is 21.1. The highest BCUT2D eigenvalue weighted by atomic mass is 35.5. The Morgan fingerprint density at radius 1 is 0.789 bits per heavy atom. The molecule has 0 bridgehead atoms. The molecule has 0 saturated heterocycles. The Morgan fingerprint density at radius 3 is 2.21 bits per heavy atom. The molecule has 2 heterocycles. The van der Waals surface area contributed by atoms with Crippen LogP contribution in [0.3, 0.4) is 0 Å². The number of carbonyl (C=O) groups is 2. The average Bonchev–Trinajstić information content (AvgIpc) is 3.35. The second kappa shape index (κ2) is 11.1. The Morgan fingerprint density at radius 2 is 1.50 bits per heavy atom. The van der Waals surface area contributed by atoms with E-state index in [1.165, 1.54) is 0 Å². The van der Waals surface area contributed by atoms with Crippen LogP contribution in [0.5, 0.6) is 0 Å². The molecular formula is C27H19ClN6O3S. The molecule has 9 nitrogen and oxygen atoms in total. The van der Waals surface area contributed by atoms with E-state index in [1.807, 2.05) is 30.3 Å². The van der Waals surface area contributed by atoms with E-state index in [0.717, 1.165) is 16.9 Å². The topological polar surface area (TPSA) is 129 Å². The molecule has 11 heteroatoms. The van der Waals surface area contributed by atoms with E-state index < -0.39 is 12.0 Å². The summed E-state index contributed by atoms with van der Waals surface area (Å²) in [5, 5.41) is 27.2. The molecule has 0 unspecified atom stereocenters. The lowest BCUT2D eigenvalue weighted by atomic mass is 10.1. The maximum absolute atomic E-state index is 12.7. The highest BCUT2D eigenvalue weighted by molar-refractivity contribution is 7.19. The first-order chi connectivity index (χ1) is 18.5. The van der Waals surface area contributed by atoms with Gasteiger partial charge in [-0.15, -0.1) is 10.2 Å². The maximum Gasteiger partial charge on any atom is 0.356 e. The highest BCUT2D eigenvalue weighted by Gasteiger charge is 2.21. The van der Waals surface area contributed by atoms with Crippen molar-refractivity contribution in [3.63, 3.8) is 0 Å². The number of halogens is 1. The summed E-state index contributed by atoms with van der Waals surface area (Å²) in [5.41, 5.74) is 3.02. The van der Waals surface area contributed by atoms with Crippen LogP contribution >= 0.6 is 22.9 Å². The maximum atomic E-state index is 12.7. The third-order valence-corrected chi connectivity index (χ3v) is 6.67. The van der Waals surface area contributed by atoms with Crippen LogP contribution < -0.4 is 16.0 Å². The Bertz CT molecular complexity index is 1610. The Kier molecular flexibility index (Phi) is 7.25. The average molecular weight is 543 g/mol. The number of hydrogen-bond donors (Lipinski definition) is 4. The lowest BCUT2D eigenvalue weighted by molar-refractivity contribution is 0.0692. The van der Waals surface area contributed by atoms with E-state index in [2.05, 4.69) is 31.1 Å². The first-order valence-electron chi connectivity index (χ1n) is 11.3. The zero-order chi connectivity index (χ0) is 26.5. The number of aromatic nitrogens is 3. The number of carboxylic acids is 1. The monoisotopic (exact) mass is 542 g/mol. The lowest BCUT2D eigenvalue weighted by Crippen LogP contribution is -2.21. The molecule has 0 spiro atoms. The van der Waals surface area contributed by atoms with Crippen LogP contribution in [0.25, 0.3) is 21.7 Å². The van der Waals surface area contributed by atoms with Crippen molar-refractivity contribution in [2.24, 2.45) is 0 Å². The van der Waals surface area contributed by atoms with E-state index in [9.17, 15) is 14.7 Å². The number of para-hydroxylation sites is 2. The number of nitrogens with zero attached hydrogens (tertiary/aromatic N) is 3. The number of rotatable bonds is 7. The van der Waals surface area contributed by atoms with Gasteiger partial charge in [-0.05, 0) is 30.3 Å². The number of carbonyl (C=O) groups excluding carboxylic acids is 1. The smallest absolute Gasteiger partial charge is 0.356 e. The molecule has 0 atom stereocenters. The molecule has 0 aliphatic heterocycles. The minimum absolute atomic E-state index is 0.119. The minimum Gasteiger partial charge on any atom is -0.476 e. The second-order valence-electron chi connectivity index (χ2n) is 7.90. The number of thiazole rings is 1. The number of nitrogens with one attached hydrogen (secondary N) is 3. The van der Waals surface area contributed by atoms with Crippen LogP contribution in [-0.2, 0) is 0 Å². The largest absolute Gasteiger partial charge is 0.476 e. The van der Waals surface area contributed by atoms with Gasteiger partial charge in [-0.3, -0.25) is 5.32 Å². The molecule has 2 aromatic heterocycles. The molecule has 3 aromatic carbocycles. The molecule has 4 N–H and O–H groups in total. The molecule has 5 rings (SSSR count). The van der Waals surface area contributed by atoms with Gasteiger partial charge >= 0.3 is 12.0 Å². The van der Waals surface area contributed by atoms with Crippen molar-refractivity contribution < 1.29 is 14.7 Å². The van der Waals surface area contributed by atoms with Crippen LogP contribution in [0.1, 0.15) is 10.5 Å². The summed E-state index contributed by atoms with van der Waals surface area (Å²) in [6.45, 7) is 0. The van der Waals surface area contributed by atoms with Crippen LogP contribution in [0.2, 0.25) is 5.02 Å². The van der Waals surface area contributed by atoms with Crippen LogP contribution in [0.15, 0.2) is 91.0 Å². The van der Waals surface area contributed by atoms with E-state index >= 15 is 0 Å². The van der Waals surface area contributed by atoms with Crippen molar-refractivity contribution in [2.75, 3.05) is 16.0 Å². The summed E-state index contributed by atoms with van der Waals surface area (Å²) < 4.78 is 0. The summed E-state index contributed by atoms with van der Waals surface area (Å²) in [4.78, 5) is 29.2. The second-order valence-corrected chi connectivity index (χ2v) is 9.31. The summed E-state index contributed by atoms with van der Waals surface area (Å²) in [6.07, 6.45) is 0. The molecule has 0 radical (unpaired) electrons. The molecule has 2 amide bonds. The Balaban J connectivity index is 1.32. The number of carboxylic acid groups (broad SMARTS) is 1. The lowest BCUT2D eigenvalue weighted by Gasteiger charge is -2.12. The van der Waals surface area contributed by atoms with Gasteiger partial charge in [0.05, 0.1) is 21.9 Å². The standard InChI is InChI=1S/C27H19ClN6O3S/c28-18-11-5-4-10-17(18)24-23(25(35)36)32-27(38-24)30-21-13-7-6-12-20(21)29-26(37)31-22-15-14-19(33-34-22)16-8-2-1-3-9-16/h1-15H,(H,30,32)(H,35,36)(H2,29,31,34,37). The van der Waals surface area contributed by atoms with Crippen molar-refractivity contribution in [1.82, 2.24) is 15.2 Å². The fraction of sp³-hybridized carbons (Fsp3) is 0. The number of urea groups is 1. The van der Waals surface area contributed by atoms with Crippen LogP contribution in [0.4, 0.5) is 27.1 Å². The van der Waals surface area contributed by atoms with Crippen LogP contribution in [0, 0.1) is 0 Å². The predicted octanol–water partition coefficient (Wildman–Crippen LogP) is 7.01.